The van der Waals surface area contributed by atoms with E-state index in [1.54, 1.807) is 0 Å². The van der Waals surface area contributed by atoms with Gasteiger partial charge in [-0.1, -0.05) is 30.3 Å². The summed E-state index contributed by atoms with van der Waals surface area (Å²) in [7, 11) is 4.02. The lowest BCUT2D eigenvalue weighted by Crippen LogP contribution is -2.30. The molecule has 6 nitrogen and oxygen atoms in total. The molecule has 0 aliphatic heterocycles. The van der Waals surface area contributed by atoms with E-state index in [0.29, 0.717) is 30.4 Å². The molecule has 0 radical (unpaired) electrons. The predicted octanol–water partition coefficient (Wildman–Crippen LogP) is 5.44. The highest BCUT2D eigenvalue weighted by atomic mass is 16.4. The van der Waals surface area contributed by atoms with Gasteiger partial charge in [-0.25, -0.2) is 0 Å². The lowest BCUT2D eigenvalue weighted by molar-refractivity contribution is 0.0752. The number of benzene rings is 3. The Morgan fingerprint density at radius 2 is 1.55 bits per heavy atom. The van der Waals surface area contributed by atoms with Crippen LogP contribution in [-0.2, 0) is 6.54 Å². The number of carbonyl (C=O) groups excluding carboxylic acids is 1. The van der Waals surface area contributed by atoms with Crippen LogP contribution in [0.25, 0.3) is 22.9 Å². The van der Waals surface area contributed by atoms with Crippen molar-refractivity contribution in [2.24, 2.45) is 0 Å². The second-order valence-electron chi connectivity index (χ2n) is 8.18. The molecule has 1 amide bonds. The Hall–Kier alpha value is -3.93. The third-order valence-corrected chi connectivity index (χ3v) is 5.67. The molecule has 0 saturated heterocycles. The summed E-state index contributed by atoms with van der Waals surface area (Å²) < 4.78 is 5.89. The third kappa shape index (κ3) is 4.95. The average Bonchev–Trinajstić information content (AvgIpc) is 3.33. The molecule has 0 atom stereocenters. The quantitative estimate of drug-likeness (QED) is 0.383. The van der Waals surface area contributed by atoms with E-state index in [9.17, 15) is 4.79 Å². The second-order valence-corrected chi connectivity index (χ2v) is 8.18. The van der Waals surface area contributed by atoms with E-state index in [1.807, 2.05) is 81.4 Å². The number of anilines is 1. The predicted molar refractivity (Wildman–Crippen MR) is 131 cm³/mol. The number of hydrogen-bond donors (Lipinski definition) is 0. The van der Waals surface area contributed by atoms with Crippen LogP contribution in [0.2, 0.25) is 0 Å². The Bertz CT molecular complexity index is 1230. The van der Waals surface area contributed by atoms with Crippen LogP contribution >= 0.6 is 0 Å². The number of rotatable bonds is 7. The molecule has 0 fully saturated rings. The molecule has 6 heteroatoms. The van der Waals surface area contributed by atoms with Gasteiger partial charge in [-0.2, -0.15) is 0 Å². The van der Waals surface area contributed by atoms with Crippen molar-refractivity contribution in [2.45, 2.75) is 20.4 Å². The van der Waals surface area contributed by atoms with Crippen LogP contribution in [0.5, 0.6) is 0 Å². The van der Waals surface area contributed by atoms with Crippen LogP contribution in [0.15, 0.2) is 77.2 Å². The van der Waals surface area contributed by atoms with Crippen molar-refractivity contribution >= 4 is 11.6 Å². The van der Waals surface area contributed by atoms with Crippen LogP contribution in [0.4, 0.5) is 5.69 Å². The summed E-state index contributed by atoms with van der Waals surface area (Å²) in [6, 6.07) is 23.5. The SMILES string of the molecule is CCN(Cc1ccc(N(C)C)cc1)C(=O)c1ccc(-c2nnc(-c3ccccc3C)o2)cc1. The Morgan fingerprint density at radius 1 is 0.879 bits per heavy atom. The average molecular weight is 441 g/mol. The van der Waals surface area contributed by atoms with Crippen molar-refractivity contribution < 1.29 is 9.21 Å². The normalized spacial score (nSPS) is 10.8. The molecular formula is C27H28N4O2. The van der Waals surface area contributed by atoms with Gasteiger partial charge >= 0.3 is 0 Å². The highest BCUT2D eigenvalue weighted by molar-refractivity contribution is 5.94. The fourth-order valence-electron chi connectivity index (χ4n) is 3.65. The van der Waals surface area contributed by atoms with Crippen molar-refractivity contribution in [3.05, 3.63) is 89.5 Å². The highest BCUT2D eigenvalue weighted by Crippen LogP contribution is 2.26. The van der Waals surface area contributed by atoms with Gasteiger partial charge in [-0.3, -0.25) is 4.79 Å². The zero-order valence-electron chi connectivity index (χ0n) is 19.4. The van der Waals surface area contributed by atoms with E-state index in [4.69, 9.17) is 4.42 Å². The number of aromatic nitrogens is 2. The molecule has 0 unspecified atom stereocenters. The van der Waals surface area contributed by atoms with Gasteiger partial charge in [-0.15, -0.1) is 10.2 Å². The van der Waals surface area contributed by atoms with Gasteiger partial charge in [-0.05, 0) is 67.4 Å². The van der Waals surface area contributed by atoms with Gasteiger partial charge in [0.2, 0.25) is 11.8 Å². The van der Waals surface area contributed by atoms with Gasteiger partial charge in [0.15, 0.2) is 0 Å². The lowest BCUT2D eigenvalue weighted by Gasteiger charge is -2.22. The minimum absolute atomic E-state index is 0.00753. The Kier molecular flexibility index (Phi) is 6.54. The molecular weight excluding hydrogens is 412 g/mol. The maximum atomic E-state index is 13.1. The van der Waals surface area contributed by atoms with E-state index in [-0.39, 0.29) is 5.91 Å². The smallest absolute Gasteiger partial charge is 0.254 e. The number of aryl methyl sites for hydroxylation is 1. The molecule has 0 spiro atoms. The van der Waals surface area contributed by atoms with E-state index in [1.165, 1.54) is 0 Å². The maximum Gasteiger partial charge on any atom is 0.254 e. The monoisotopic (exact) mass is 440 g/mol. The van der Waals surface area contributed by atoms with Crippen LogP contribution in [0.3, 0.4) is 0 Å². The molecule has 0 saturated carbocycles. The molecule has 0 aliphatic rings. The fraction of sp³-hybridized carbons (Fsp3) is 0.222. The molecule has 4 rings (SSSR count). The fourth-order valence-corrected chi connectivity index (χ4v) is 3.65. The zero-order chi connectivity index (χ0) is 23.4. The van der Waals surface area contributed by atoms with Gasteiger partial charge in [0, 0.05) is 49.6 Å². The Balaban J connectivity index is 1.48. The summed E-state index contributed by atoms with van der Waals surface area (Å²) in [5.74, 6) is 0.910. The van der Waals surface area contributed by atoms with Crippen LogP contribution in [0, 0.1) is 6.92 Å². The first kappa shape index (κ1) is 22.3. The Morgan fingerprint density at radius 3 is 2.18 bits per heavy atom. The molecule has 33 heavy (non-hydrogen) atoms. The lowest BCUT2D eigenvalue weighted by atomic mass is 10.1. The van der Waals surface area contributed by atoms with Gasteiger partial charge in [0.05, 0.1) is 0 Å². The first-order chi connectivity index (χ1) is 16.0. The summed E-state index contributed by atoms with van der Waals surface area (Å²) in [4.78, 5) is 17.0. The van der Waals surface area contributed by atoms with Crippen molar-refractivity contribution in [1.29, 1.82) is 0 Å². The molecule has 0 N–H and O–H groups in total. The summed E-state index contributed by atoms with van der Waals surface area (Å²) >= 11 is 0. The molecule has 168 valence electrons. The third-order valence-electron chi connectivity index (χ3n) is 5.67. The molecule has 1 aromatic heterocycles. The molecule has 1 heterocycles. The van der Waals surface area contributed by atoms with E-state index < -0.39 is 0 Å². The largest absolute Gasteiger partial charge is 0.416 e. The zero-order valence-corrected chi connectivity index (χ0v) is 19.4. The van der Waals surface area contributed by atoms with Crippen molar-refractivity contribution in [2.75, 3.05) is 25.5 Å². The summed E-state index contributed by atoms with van der Waals surface area (Å²) in [5.41, 5.74) is 5.63. The Labute approximate surface area is 194 Å². The van der Waals surface area contributed by atoms with Gasteiger partial charge < -0.3 is 14.2 Å². The summed E-state index contributed by atoms with van der Waals surface area (Å²) in [6.45, 7) is 5.19. The summed E-state index contributed by atoms with van der Waals surface area (Å²) in [5, 5.41) is 8.38. The topological polar surface area (TPSA) is 62.5 Å². The maximum absolute atomic E-state index is 13.1. The minimum Gasteiger partial charge on any atom is -0.416 e. The van der Waals surface area contributed by atoms with E-state index >= 15 is 0 Å². The van der Waals surface area contributed by atoms with Crippen LogP contribution < -0.4 is 4.90 Å². The van der Waals surface area contributed by atoms with Crippen molar-refractivity contribution in [3.63, 3.8) is 0 Å². The van der Waals surface area contributed by atoms with E-state index in [0.717, 1.165) is 27.9 Å². The standard InChI is InChI=1S/C27H28N4O2/c1-5-31(18-20-10-16-23(17-11-20)30(3)4)27(32)22-14-12-21(13-15-22)25-28-29-26(33-25)24-9-7-6-8-19(24)2/h6-17H,5,18H2,1-4H3. The molecule has 3 aromatic carbocycles. The molecule has 0 bridgehead atoms. The molecule has 4 aromatic rings. The van der Waals surface area contributed by atoms with Gasteiger partial charge in [0.1, 0.15) is 0 Å². The van der Waals surface area contributed by atoms with Crippen LogP contribution in [0.1, 0.15) is 28.4 Å². The minimum atomic E-state index is -0.00753. The van der Waals surface area contributed by atoms with Crippen LogP contribution in [-0.4, -0.2) is 41.6 Å². The van der Waals surface area contributed by atoms with Crippen molar-refractivity contribution in [1.82, 2.24) is 15.1 Å². The number of nitrogens with zero attached hydrogens (tertiary/aromatic N) is 4. The number of hydrogen-bond acceptors (Lipinski definition) is 5. The van der Waals surface area contributed by atoms with Crippen molar-refractivity contribution in [3.8, 4) is 22.9 Å². The summed E-state index contributed by atoms with van der Waals surface area (Å²) in [6.07, 6.45) is 0. The highest BCUT2D eigenvalue weighted by Gasteiger charge is 2.16. The second kappa shape index (κ2) is 9.69. The first-order valence-corrected chi connectivity index (χ1v) is 11.0. The molecule has 0 aliphatic carbocycles. The van der Waals surface area contributed by atoms with E-state index in [2.05, 4.69) is 39.4 Å². The number of amides is 1. The van der Waals surface area contributed by atoms with Gasteiger partial charge in [0.25, 0.3) is 5.91 Å². The first-order valence-electron chi connectivity index (χ1n) is 11.0. The number of carbonyl (C=O) groups is 1.